The number of rotatable bonds is 1. The SMILES string of the molecule is Fc1ccc(C2=NCCO2)c(F)c1. The second-order valence-electron chi connectivity index (χ2n) is 2.66. The van der Waals surface area contributed by atoms with E-state index in [1.807, 2.05) is 0 Å². The van der Waals surface area contributed by atoms with E-state index in [0.29, 0.717) is 13.2 Å². The van der Waals surface area contributed by atoms with Crippen LogP contribution in [-0.2, 0) is 4.74 Å². The zero-order chi connectivity index (χ0) is 9.26. The van der Waals surface area contributed by atoms with Crippen molar-refractivity contribution in [1.29, 1.82) is 0 Å². The van der Waals surface area contributed by atoms with E-state index in [1.54, 1.807) is 0 Å². The van der Waals surface area contributed by atoms with Crippen molar-refractivity contribution in [3.05, 3.63) is 35.4 Å². The Balaban J connectivity index is 2.40. The maximum Gasteiger partial charge on any atom is 0.219 e. The molecule has 0 aliphatic carbocycles. The van der Waals surface area contributed by atoms with Crippen LogP contribution in [0.15, 0.2) is 23.2 Å². The summed E-state index contributed by atoms with van der Waals surface area (Å²) in [6.07, 6.45) is 0. The molecule has 0 fully saturated rings. The number of hydrogen-bond acceptors (Lipinski definition) is 2. The Labute approximate surface area is 73.9 Å². The Morgan fingerprint density at radius 2 is 2.15 bits per heavy atom. The predicted octanol–water partition coefficient (Wildman–Crippen LogP) is 1.74. The van der Waals surface area contributed by atoms with Crippen molar-refractivity contribution in [2.75, 3.05) is 13.2 Å². The van der Waals surface area contributed by atoms with Crippen molar-refractivity contribution in [1.82, 2.24) is 0 Å². The van der Waals surface area contributed by atoms with Crippen LogP contribution in [-0.4, -0.2) is 19.0 Å². The molecule has 0 unspecified atom stereocenters. The second kappa shape index (κ2) is 3.12. The van der Waals surface area contributed by atoms with E-state index in [4.69, 9.17) is 4.74 Å². The van der Waals surface area contributed by atoms with Crippen LogP contribution >= 0.6 is 0 Å². The summed E-state index contributed by atoms with van der Waals surface area (Å²) in [4.78, 5) is 3.93. The van der Waals surface area contributed by atoms with Gasteiger partial charge < -0.3 is 4.74 Å². The molecule has 68 valence electrons. The molecule has 13 heavy (non-hydrogen) atoms. The molecule has 1 aliphatic heterocycles. The van der Waals surface area contributed by atoms with Gasteiger partial charge in [-0.25, -0.2) is 13.8 Å². The largest absolute Gasteiger partial charge is 0.475 e. The van der Waals surface area contributed by atoms with Gasteiger partial charge in [-0.2, -0.15) is 0 Å². The molecule has 0 radical (unpaired) electrons. The van der Waals surface area contributed by atoms with Crippen molar-refractivity contribution >= 4 is 5.90 Å². The summed E-state index contributed by atoms with van der Waals surface area (Å²) in [5.41, 5.74) is 0.221. The molecule has 2 rings (SSSR count). The first-order valence-corrected chi connectivity index (χ1v) is 3.90. The van der Waals surface area contributed by atoms with Gasteiger partial charge in [0.15, 0.2) is 0 Å². The smallest absolute Gasteiger partial charge is 0.219 e. The van der Waals surface area contributed by atoms with Crippen LogP contribution in [0.1, 0.15) is 5.56 Å². The van der Waals surface area contributed by atoms with Gasteiger partial charge in [0.25, 0.3) is 0 Å². The number of nitrogens with zero attached hydrogens (tertiary/aromatic N) is 1. The van der Waals surface area contributed by atoms with Crippen molar-refractivity contribution in [2.24, 2.45) is 4.99 Å². The maximum atomic E-state index is 13.1. The third-order valence-electron chi connectivity index (χ3n) is 1.75. The third kappa shape index (κ3) is 1.52. The maximum absolute atomic E-state index is 13.1. The minimum absolute atomic E-state index is 0.221. The zero-order valence-corrected chi connectivity index (χ0v) is 6.76. The Bertz CT molecular complexity index is 363. The van der Waals surface area contributed by atoms with Gasteiger partial charge in [-0.3, -0.25) is 0 Å². The van der Waals surface area contributed by atoms with Crippen LogP contribution in [0.25, 0.3) is 0 Å². The molecule has 0 bridgehead atoms. The van der Waals surface area contributed by atoms with Crippen LogP contribution in [0.5, 0.6) is 0 Å². The number of benzene rings is 1. The van der Waals surface area contributed by atoms with E-state index in [2.05, 4.69) is 4.99 Å². The van der Waals surface area contributed by atoms with Crippen LogP contribution in [0, 0.1) is 11.6 Å². The molecule has 2 nitrogen and oxygen atoms in total. The lowest BCUT2D eigenvalue weighted by Gasteiger charge is -2.02. The minimum Gasteiger partial charge on any atom is -0.475 e. The molecular formula is C9H7F2NO. The van der Waals surface area contributed by atoms with Gasteiger partial charge in [-0.05, 0) is 12.1 Å². The monoisotopic (exact) mass is 183 g/mol. The van der Waals surface area contributed by atoms with Gasteiger partial charge in [0, 0.05) is 6.07 Å². The summed E-state index contributed by atoms with van der Waals surface area (Å²) in [5, 5.41) is 0. The van der Waals surface area contributed by atoms with Gasteiger partial charge in [0.05, 0.1) is 12.1 Å². The fourth-order valence-corrected chi connectivity index (χ4v) is 1.16. The first kappa shape index (κ1) is 8.16. The molecule has 0 saturated carbocycles. The summed E-state index contributed by atoms with van der Waals surface area (Å²) < 4.78 is 30.7. The quantitative estimate of drug-likeness (QED) is 0.649. The van der Waals surface area contributed by atoms with Crippen LogP contribution in [0.3, 0.4) is 0 Å². The molecule has 1 heterocycles. The molecular weight excluding hydrogens is 176 g/mol. The zero-order valence-electron chi connectivity index (χ0n) is 6.76. The topological polar surface area (TPSA) is 21.6 Å². The van der Waals surface area contributed by atoms with E-state index in [-0.39, 0.29) is 11.5 Å². The summed E-state index contributed by atoms with van der Waals surface area (Å²) in [6, 6.07) is 3.33. The Morgan fingerprint density at radius 3 is 2.77 bits per heavy atom. The van der Waals surface area contributed by atoms with Crippen molar-refractivity contribution in [3.8, 4) is 0 Å². The highest BCUT2D eigenvalue weighted by Crippen LogP contribution is 2.13. The molecule has 0 amide bonds. The van der Waals surface area contributed by atoms with Crippen molar-refractivity contribution < 1.29 is 13.5 Å². The van der Waals surface area contributed by atoms with Gasteiger partial charge in [0.1, 0.15) is 18.2 Å². The van der Waals surface area contributed by atoms with E-state index < -0.39 is 11.6 Å². The number of halogens is 2. The molecule has 0 atom stereocenters. The van der Waals surface area contributed by atoms with E-state index >= 15 is 0 Å². The lowest BCUT2D eigenvalue weighted by Crippen LogP contribution is -2.04. The van der Waals surface area contributed by atoms with Crippen LogP contribution in [0.4, 0.5) is 8.78 Å². The standard InChI is InChI=1S/C9H7F2NO/c10-6-1-2-7(8(11)5-6)9-12-3-4-13-9/h1-2,5H,3-4H2. The summed E-state index contributed by atoms with van der Waals surface area (Å²) >= 11 is 0. The highest BCUT2D eigenvalue weighted by atomic mass is 19.1. The second-order valence-corrected chi connectivity index (χ2v) is 2.66. The highest BCUT2D eigenvalue weighted by Gasteiger charge is 2.14. The highest BCUT2D eigenvalue weighted by molar-refractivity contribution is 5.95. The van der Waals surface area contributed by atoms with E-state index in [0.717, 1.165) is 6.07 Å². The van der Waals surface area contributed by atoms with Gasteiger partial charge in [-0.1, -0.05) is 0 Å². The first-order chi connectivity index (χ1) is 6.27. The van der Waals surface area contributed by atoms with E-state index in [1.165, 1.54) is 12.1 Å². The lowest BCUT2D eigenvalue weighted by molar-refractivity contribution is 0.347. The molecule has 0 aromatic heterocycles. The summed E-state index contributed by atoms with van der Waals surface area (Å²) in [5.74, 6) is -0.974. The fraction of sp³-hybridized carbons (Fsp3) is 0.222. The average Bonchev–Trinajstić information content (AvgIpc) is 2.56. The first-order valence-electron chi connectivity index (χ1n) is 3.90. The predicted molar refractivity (Wildman–Crippen MR) is 43.7 cm³/mol. The molecule has 4 heteroatoms. The van der Waals surface area contributed by atoms with Gasteiger partial charge in [0.2, 0.25) is 5.90 Å². The van der Waals surface area contributed by atoms with Crippen molar-refractivity contribution in [2.45, 2.75) is 0 Å². The van der Waals surface area contributed by atoms with Crippen LogP contribution < -0.4 is 0 Å². The fourth-order valence-electron chi connectivity index (χ4n) is 1.16. The Kier molecular flexibility index (Phi) is 1.96. The summed E-state index contributed by atoms with van der Waals surface area (Å²) in [7, 11) is 0. The van der Waals surface area contributed by atoms with Crippen molar-refractivity contribution in [3.63, 3.8) is 0 Å². The molecule has 0 spiro atoms. The molecule has 1 aromatic carbocycles. The number of hydrogen-bond donors (Lipinski definition) is 0. The Hall–Kier alpha value is -1.45. The molecule has 0 N–H and O–H groups in total. The van der Waals surface area contributed by atoms with Gasteiger partial charge in [-0.15, -0.1) is 0 Å². The van der Waals surface area contributed by atoms with Gasteiger partial charge >= 0.3 is 0 Å². The molecule has 0 saturated heterocycles. The van der Waals surface area contributed by atoms with Crippen LogP contribution in [0.2, 0.25) is 0 Å². The normalized spacial score (nSPS) is 15.4. The molecule has 1 aromatic rings. The minimum atomic E-state index is -0.638. The summed E-state index contributed by atoms with van der Waals surface area (Å²) in [6.45, 7) is 0.998. The lowest BCUT2D eigenvalue weighted by atomic mass is 10.2. The average molecular weight is 183 g/mol. The third-order valence-corrected chi connectivity index (χ3v) is 1.75. The number of ether oxygens (including phenoxy) is 1. The molecule has 1 aliphatic rings. The number of aliphatic imine (C=N–C) groups is 1. The Morgan fingerprint density at radius 1 is 1.31 bits per heavy atom. The van der Waals surface area contributed by atoms with E-state index in [9.17, 15) is 8.78 Å².